The van der Waals surface area contributed by atoms with Crippen LogP contribution in [0.4, 0.5) is 18.9 Å². The number of benzene rings is 1. The number of amides is 1. The minimum absolute atomic E-state index is 0.0724. The molecule has 0 radical (unpaired) electrons. The Labute approximate surface area is 135 Å². The summed E-state index contributed by atoms with van der Waals surface area (Å²) in [6.07, 6.45) is -0.230. The predicted octanol–water partition coefficient (Wildman–Crippen LogP) is 5.02. The van der Waals surface area contributed by atoms with E-state index in [2.05, 4.69) is 10.3 Å². The Morgan fingerprint density at radius 1 is 1.22 bits per heavy atom. The van der Waals surface area contributed by atoms with Crippen LogP contribution in [0.1, 0.15) is 18.1 Å². The summed E-state index contributed by atoms with van der Waals surface area (Å²) < 4.78 is 40.8. The Bertz CT molecular complexity index is 740. The second kappa shape index (κ2) is 6.83. The first kappa shape index (κ1) is 17.0. The molecule has 120 valence electrons. The maximum atomic E-state index is 13.6. The maximum Gasteiger partial charge on any atom is 0.417 e. The quantitative estimate of drug-likeness (QED) is 0.794. The molecular formula is C16H12ClF3N2O. The number of hydrogen-bond donors (Lipinski definition) is 1. The van der Waals surface area contributed by atoms with Gasteiger partial charge in [-0.25, -0.2) is 0 Å². The molecule has 0 spiro atoms. The van der Waals surface area contributed by atoms with E-state index < -0.39 is 11.7 Å². The van der Waals surface area contributed by atoms with Gasteiger partial charge in [0, 0.05) is 23.0 Å². The summed E-state index contributed by atoms with van der Waals surface area (Å²) in [5, 5.41) is 2.62. The van der Waals surface area contributed by atoms with Gasteiger partial charge in [-0.1, -0.05) is 29.8 Å². The number of rotatable bonds is 4. The highest BCUT2D eigenvalue weighted by molar-refractivity contribution is 6.30. The standard InChI is InChI=1S/C16H12ClF3N2O/c1-2-3-11-14(22-9-23)7-5-12(15(11)16(18,19)20)13-6-4-10(17)8-21-13/h2-9H,1H3,(H,22,23)/b3-2-. The number of hydrogen-bond acceptors (Lipinski definition) is 2. The van der Waals surface area contributed by atoms with Crippen LogP contribution in [-0.2, 0) is 11.0 Å². The van der Waals surface area contributed by atoms with Crippen molar-refractivity contribution in [3.63, 3.8) is 0 Å². The summed E-state index contributed by atoms with van der Waals surface area (Å²) in [5.41, 5.74) is -0.856. The molecule has 0 saturated heterocycles. The van der Waals surface area contributed by atoms with Crippen molar-refractivity contribution in [2.45, 2.75) is 13.1 Å². The van der Waals surface area contributed by atoms with Crippen molar-refractivity contribution < 1.29 is 18.0 Å². The first-order valence-corrected chi connectivity index (χ1v) is 6.95. The highest BCUT2D eigenvalue weighted by Crippen LogP contribution is 2.42. The number of aromatic nitrogens is 1. The van der Waals surface area contributed by atoms with E-state index in [0.29, 0.717) is 11.4 Å². The Hall–Kier alpha value is -2.34. The lowest BCUT2D eigenvalue weighted by Gasteiger charge is -2.18. The maximum absolute atomic E-state index is 13.6. The van der Waals surface area contributed by atoms with Crippen LogP contribution >= 0.6 is 11.6 Å². The van der Waals surface area contributed by atoms with Gasteiger partial charge in [0.1, 0.15) is 0 Å². The molecule has 0 saturated carbocycles. The largest absolute Gasteiger partial charge is 0.417 e. The van der Waals surface area contributed by atoms with Crippen molar-refractivity contribution >= 4 is 29.8 Å². The molecule has 3 nitrogen and oxygen atoms in total. The van der Waals surface area contributed by atoms with Crippen LogP contribution in [0.2, 0.25) is 5.02 Å². The van der Waals surface area contributed by atoms with E-state index in [1.165, 1.54) is 42.6 Å². The lowest BCUT2D eigenvalue weighted by molar-refractivity contribution is -0.137. The van der Waals surface area contributed by atoms with Crippen molar-refractivity contribution in [1.82, 2.24) is 4.98 Å². The molecule has 23 heavy (non-hydrogen) atoms. The summed E-state index contributed by atoms with van der Waals surface area (Å²) in [6.45, 7) is 1.60. The number of allylic oxidation sites excluding steroid dienone is 1. The molecule has 1 N–H and O–H groups in total. The molecule has 1 amide bonds. The second-order valence-corrected chi connectivity index (χ2v) is 5.01. The van der Waals surface area contributed by atoms with E-state index >= 15 is 0 Å². The summed E-state index contributed by atoms with van der Waals surface area (Å²) in [4.78, 5) is 14.6. The molecule has 0 bridgehead atoms. The zero-order valence-corrected chi connectivity index (χ0v) is 12.7. The van der Waals surface area contributed by atoms with Crippen LogP contribution in [-0.4, -0.2) is 11.4 Å². The molecule has 0 aliphatic rings. The molecule has 1 heterocycles. The van der Waals surface area contributed by atoms with Crippen molar-refractivity contribution in [3.05, 3.63) is 52.7 Å². The Morgan fingerprint density at radius 2 is 1.96 bits per heavy atom. The SMILES string of the molecule is C/C=C\c1c(NC=O)ccc(-c2ccc(Cl)cn2)c1C(F)(F)F. The van der Waals surface area contributed by atoms with E-state index in [0.717, 1.165) is 0 Å². The van der Waals surface area contributed by atoms with E-state index in [9.17, 15) is 18.0 Å². The van der Waals surface area contributed by atoms with Gasteiger partial charge in [0.25, 0.3) is 0 Å². The van der Waals surface area contributed by atoms with Crippen LogP contribution < -0.4 is 5.32 Å². The van der Waals surface area contributed by atoms with Crippen molar-refractivity contribution in [1.29, 1.82) is 0 Å². The van der Waals surface area contributed by atoms with Gasteiger partial charge < -0.3 is 5.32 Å². The number of anilines is 1. The molecule has 0 aliphatic heterocycles. The fraction of sp³-hybridized carbons (Fsp3) is 0.125. The monoisotopic (exact) mass is 340 g/mol. The zero-order valence-electron chi connectivity index (χ0n) is 12.0. The Morgan fingerprint density at radius 3 is 2.48 bits per heavy atom. The lowest BCUT2D eigenvalue weighted by atomic mass is 9.95. The summed E-state index contributed by atoms with van der Waals surface area (Å²) in [7, 11) is 0. The molecule has 0 unspecified atom stereocenters. The smallest absolute Gasteiger partial charge is 0.328 e. The fourth-order valence-corrected chi connectivity index (χ4v) is 2.31. The molecule has 2 aromatic rings. The first-order valence-electron chi connectivity index (χ1n) is 6.57. The summed E-state index contributed by atoms with van der Waals surface area (Å²) >= 11 is 5.73. The van der Waals surface area contributed by atoms with E-state index in [4.69, 9.17) is 11.6 Å². The van der Waals surface area contributed by atoms with Crippen molar-refractivity contribution in [3.8, 4) is 11.3 Å². The fourth-order valence-electron chi connectivity index (χ4n) is 2.20. The van der Waals surface area contributed by atoms with Crippen molar-refractivity contribution in [2.24, 2.45) is 0 Å². The minimum Gasteiger partial charge on any atom is -0.328 e. The topological polar surface area (TPSA) is 42.0 Å². The van der Waals surface area contributed by atoms with Crippen LogP contribution in [0.3, 0.4) is 0 Å². The Balaban J connectivity index is 2.79. The summed E-state index contributed by atoms with van der Waals surface area (Å²) in [6, 6.07) is 5.57. The summed E-state index contributed by atoms with van der Waals surface area (Å²) in [5.74, 6) is 0. The first-order chi connectivity index (χ1) is 10.9. The van der Waals surface area contributed by atoms with Crippen LogP contribution in [0.15, 0.2) is 36.5 Å². The second-order valence-electron chi connectivity index (χ2n) is 4.57. The van der Waals surface area contributed by atoms with Gasteiger partial charge in [-0.3, -0.25) is 9.78 Å². The molecule has 7 heteroatoms. The normalized spacial score (nSPS) is 11.7. The third-order valence-corrected chi connectivity index (χ3v) is 3.30. The average Bonchev–Trinajstić information content (AvgIpc) is 2.49. The molecule has 1 aromatic carbocycles. The number of carbonyl (C=O) groups excluding carboxylic acids is 1. The number of pyridine rings is 1. The number of nitrogens with zero attached hydrogens (tertiary/aromatic N) is 1. The van der Waals surface area contributed by atoms with Gasteiger partial charge in [0.2, 0.25) is 6.41 Å². The number of nitrogens with one attached hydrogen (secondary N) is 1. The molecule has 0 fully saturated rings. The van der Waals surface area contributed by atoms with Gasteiger partial charge in [-0.05, 0) is 25.1 Å². The molecule has 2 rings (SSSR count). The zero-order chi connectivity index (χ0) is 17.0. The van der Waals surface area contributed by atoms with E-state index in [1.807, 2.05) is 0 Å². The van der Waals surface area contributed by atoms with Crippen molar-refractivity contribution in [2.75, 3.05) is 5.32 Å². The highest BCUT2D eigenvalue weighted by Gasteiger charge is 2.37. The van der Waals surface area contributed by atoms with Crippen LogP contribution in [0.5, 0.6) is 0 Å². The molecule has 0 aliphatic carbocycles. The third kappa shape index (κ3) is 3.71. The molecular weight excluding hydrogens is 329 g/mol. The van der Waals surface area contributed by atoms with Gasteiger partial charge in [0.05, 0.1) is 16.3 Å². The van der Waals surface area contributed by atoms with Gasteiger partial charge in [-0.2, -0.15) is 13.2 Å². The van der Waals surface area contributed by atoms with E-state index in [-0.39, 0.29) is 22.5 Å². The average molecular weight is 341 g/mol. The van der Waals surface area contributed by atoms with E-state index in [1.54, 1.807) is 6.92 Å². The van der Waals surface area contributed by atoms with Crippen LogP contribution in [0, 0.1) is 0 Å². The predicted molar refractivity (Wildman–Crippen MR) is 84.1 cm³/mol. The van der Waals surface area contributed by atoms with Gasteiger partial charge >= 0.3 is 6.18 Å². The number of alkyl halides is 3. The van der Waals surface area contributed by atoms with Gasteiger partial charge in [0.15, 0.2) is 0 Å². The number of halogens is 4. The third-order valence-electron chi connectivity index (χ3n) is 3.08. The minimum atomic E-state index is -4.62. The number of carbonyl (C=O) groups is 1. The lowest BCUT2D eigenvalue weighted by Crippen LogP contribution is -2.12. The molecule has 0 atom stereocenters. The van der Waals surface area contributed by atoms with Gasteiger partial charge in [-0.15, -0.1) is 0 Å². The van der Waals surface area contributed by atoms with Crippen LogP contribution in [0.25, 0.3) is 17.3 Å². The Kier molecular flexibility index (Phi) is 5.05. The molecule has 1 aromatic heterocycles. The highest BCUT2D eigenvalue weighted by atomic mass is 35.5.